The topological polar surface area (TPSA) is 18.5 Å². The highest BCUT2D eigenvalue weighted by atomic mass is 35.5. The van der Waals surface area contributed by atoms with Crippen molar-refractivity contribution in [2.75, 3.05) is 25.0 Å². The predicted molar refractivity (Wildman–Crippen MR) is 116 cm³/mol. The van der Waals surface area contributed by atoms with Gasteiger partial charge in [-0.05, 0) is 74.8 Å². The van der Waals surface area contributed by atoms with Crippen LogP contribution in [0.15, 0.2) is 35.9 Å². The number of nitrogens with zero attached hydrogens (tertiary/aromatic N) is 2. The molecule has 5 rings (SSSR count). The minimum atomic E-state index is 0.473. The molecule has 4 atom stereocenters. The Hall–Kier alpha value is -1.10. The van der Waals surface area contributed by atoms with Crippen LogP contribution in [0.1, 0.15) is 38.5 Å². The van der Waals surface area contributed by atoms with E-state index in [-0.39, 0.29) is 0 Å². The Bertz CT molecular complexity index is 764. The summed E-state index contributed by atoms with van der Waals surface area (Å²) in [6, 6.07) is 9.15. The standard InChI is InChI=1S/C22H28ClN3S/c23-18-7-1-2-8-19(18)24-22(27)26-11-5-6-15-12-16-13-17(21(15)26)14-25-10-4-3-9-20(16)25/h1-2,7-8,12,16-17,20-21H,3-6,9-11,13-14H2,(H,24,27). The third-order valence-electron chi connectivity index (χ3n) is 7.03. The van der Waals surface area contributed by atoms with Crippen LogP contribution in [-0.4, -0.2) is 46.6 Å². The lowest BCUT2D eigenvalue weighted by Crippen LogP contribution is -2.60. The molecule has 3 nitrogen and oxygen atoms in total. The number of benzene rings is 1. The van der Waals surface area contributed by atoms with Gasteiger partial charge in [-0.2, -0.15) is 0 Å². The highest BCUT2D eigenvalue weighted by Crippen LogP contribution is 2.45. The van der Waals surface area contributed by atoms with Gasteiger partial charge in [0.15, 0.2) is 5.11 Å². The molecule has 27 heavy (non-hydrogen) atoms. The highest BCUT2D eigenvalue weighted by Gasteiger charge is 2.46. The van der Waals surface area contributed by atoms with Crippen LogP contribution in [0.2, 0.25) is 5.02 Å². The summed E-state index contributed by atoms with van der Waals surface area (Å²) >= 11 is 12.2. The summed E-state index contributed by atoms with van der Waals surface area (Å²) in [6.45, 7) is 3.58. The van der Waals surface area contributed by atoms with E-state index >= 15 is 0 Å². The molecule has 5 heteroatoms. The molecule has 3 heterocycles. The molecule has 3 aliphatic heterocycles. The summed E-state index contributed by atoms with van der Waals surface area (Å²) in [4.78, 5) is 5.24. The van der Waals surface area contributed by atoms with Crippen LogP contribution in [0, 0.1) is 11.8 Å². The molecular formula is C22H28ClN3S. The summed E-state index contributed by atoms with van der Waals surface area (Å²) < 4.78 is 0. The van der Waals surface area contributed by atoms with Crippen molar-refractivity contribution in [1.82, 2.24) is 9.80 Å². The first-order chi connectivity index (χ1) is 13.2. The third kappa shape index (κ3) is 3.30. The van der Waals surface area contributed by atoms with Gasteiger partial charge in [-0.15, -0.1) is 0 Å². The van der Waals surface area contributed by atoms with Crippen LogP contribution in [-0.2, 0) is 0 Å². The van der Waals surface area contributed by atoms with E-state index in [0.717, 1.165) is 34.3 Å². The van der Waals surface area contributed by atoms with Gasteiger partial charge >= 0.3 is 0 Å². The van der Waals surface area contributed by atoms with E-state index in [2.05, 4.69) is 21.2 Å². The quantitative estimate of drug-likeness (QED) is 0.530. The van der Waals surface area contributed by atoms with Crippen molar-refractivity contribution in [1.29, 1.82) is 0 Å². The van der Waals surface area contributed by atoms with Crippen LogP contribution >= 0.6 is 23.8 Å². The SMILES string of the molecule is S=C(Nc1ccccc1Cl)N1CCCC2=CC3CC(CN4CCCCC34)C21. The molecule has 0 aromatic heterocycles. The van der Waals surface area contributed by atoms with E-state index in [0.29, 0.717) is 12.0 Å². The van der Waals surface area contributed by atoms with Gasteiger partial charge in [0, 0.05) is 19.1 Å². The molecule has 1 N–H and O–H groups in total. The van der Waals surface area contributed by atoms with E-state index in [1.54, 1.807) is 5.57 Å². The Labute approximate surface area is 172 Å². The number of halogens is 1. The van der Waals surface area contributed by atoms with Crippen molar-refractivity contribution < 1.29 is 0 Å². The summed E-state index contributed by atoms with van der Waals surface area (Å²) in [7, 11) is 0. The largest absolute Gasteiger partial charge is 0.342 e. The predicted octanol–water partition coefficient (Wildman–Crippen LogP) is 4.93. The Morgan fingerprint density at radius 3 is 2.93 bits per heavy atom. The highest BCUT2D eigenvalue weighted by molar-refractivity contribution is 7.80. The normalized spacial score (nSPS) is 32.9. The number of nitrogens with one attached hydrogen (secondary N) is 1. The molecule has 0 saturated carbocycles. The van der Waals surface area contributed by atoms with Crippen LogP contribution in [0.5, 0.6) is 0 Å². The molecule has 0 spiro atoms. The lowest BCUT2D eigenvalue weighted by molar-refractivity contribution is 0.0132. The number of piperidine rings is 3. The Balaban J connectivity index is 1.40. The molecule has 1 aromatic carbocycles. The van der Waals surface area contributed by atoms with Gasteiger partial charge in [0.25, 0.3) is 0 Å². The first-order valence-corrected chi connectivity index (χ1v) is 11.3. The summed E-state index contributed by atoms with van der Waals surface area (Å²) in [5.41, 5.74) is 2.56. The molecule has 4 aliphatic rings. The van der Waals surface area contributed by atoms with Gasteiger partial charge in [-0.1, -0.05) is 41.8 Å². The van der Waals surface area contributed by atoms with E-state index < -0.39 is 0 Å². The van der Waals surface area contributed by atoms with E-state index in [1.165, 1.54) is 51.6 Å². The molecule has 0 radical (unpaired) electrons. The first-order valence-electron chi connectivity index (χ1n) is 10.5. The van der Waals surface area contributed by atoms with E-state index in [4.69, 9.17) is 23.8 Å². The van der Waals surface area contributed by atoms with E-state index in [1.807, 2.05) is 24.3 Å². The lowest BCUT2D eigenvalue weighted by atomic mass is 9.68. The van der Waals surface area contributed by atoms with Gasteiger partial charge < -0.3 is 10.2 Å². The van der Waals surface area contributed by atoms with Gasteiger partial charge in [0.05, 0.1) is 16.8 Å². The van der Waals surface area contributed by atoms with Gasteiger partial charge in [0.1, 0.15) is 0 Å². The average molecular weight is 402 g/mol. The zero-order valence-electron chi connectivity index (χ0n) is 15.7. The molecule has 2 bridgehead atoms. The molecule has 3 fully saturated rings. The molecule has 3 saturated heterocycles. The molecule has 1 aliphatic carbocycles. The molecule has 144 valence electrons. The number of para-hydroxylation sites is 1. The van der Waals surface area contributed by atoms with Crippen LogP contribution < -0.4 is 5.32 Å². The van der Waals surface area contributed by atoms with Crippen LogP contribution in [0.3, 0.4) is 0 Å². The second kappa shape index (κ2) is 7.38. The number of hydrogen-bond acceptors (Lipinski definition) is 2. The summed E-state index contributed by atoms with van der Waals surface area (Å²) in [5.74, 6) is 1.47. The fourth-order valence-corrected chi connectivity index (χ4v) is 6.45. The second-order valence-electron chi connectivity index (χ2n) is 8.61. The zero-order valence-corrected chi connectivity index (χ0v) is 17.3. The van der Waals surface area contributed by atoms with Crippen LogP contribution in [0.25, 0.3) is 0 Å². The van der Waals surface area contributed by atoms with Gasteiger partial charge in [-0.25, -0.2) is 0 Å². The third-order valence-corrected chi connectivity index (χ3v) is 7.70. The minimum Gasteiger partial charge on any atom is -0.342 e. The van der Waals surface area contributed by atoms with Gasteiger partial charge in [0.2, 0.25) is 0 Å². The number of thiocarbonyl (C=S) groups is 1. The van der Waals surface area contributed by atoms with Crippen molar-refractivity contribution in [3.05, 3.63) is 40.9 Å². The molecule has 4 unspecified atom stereocenters. The minimum absolute atomic E-state index is 0.473. The maximum atomic E-state index is 6.35. The van der Waals surface area contributed by atoms with Crippen molar-refractivity contribution in [2.45, 2.75) is 50.6 Å². The lowest BCUT2D eigenvalue weighted by Gasteiger charge is -2.55. The number of hydrogen-bond donors (Lipinski definition) is 1. The number of anilines is 1. The zero-order chi connectivity index (χ0) is 18.4. The maximum absolute atomic E-state index is 6.35. The van der Waals surface area contributed by atoms with Crippen molar-refractivity contribution in [3.8, 4) is 0 Å². The van der Waals surface area contributed by atoms with Crippen molar-refractivity contribution >= 4 is 34.6 Å². The van der Waals surface area contributed by atoms with E-state index in [9.17, 15) is 0 Å². The smallest absolute Gasteiger partial charge is 0.173 e. The molecule has 1 aromatic rings. The summed E-state index contributed by atoms with van der Waals surface area (Å²) in [6.07, 6.45) is 10.6. The monoisotopic (exact) mass is 401 g/mol. The van der Waals surface area contributed by atoms with Crippen molar-refractivity contribution in [2.24, 2.45) is 11.8 Å². The van der Waals surface area contributed by atoms with Gasteiger partial charge in [-0.3, -0.25) is 4.90 Å². The molecule has 0 amide bonds. The molecular weight excluding hydrogens is 374 g/mol. The fourth-order valence-electron chi connectivity index (χ4n) is 5.95. The number of fused-ring (bicyclic) bond motifs is 6. The summed E-state index contributed by atoms with van der Waals surface area (Å²) in [5, 5.41) is 4.99. The van der Waals surface area contributed by atoms with Crippen LogP contribution in [0.4, 0.5) is 5.69 Å². The second-order valence-corrected chi connectivity index (χ2v) is 9.40. The Morgan fingerprint density at radius 2 is 2.04 bits per heavy atom. The number of likely N-dealkylation sites (tertiary alicyclic amines) is 1. The fraction of sp³-hybridized carbons (Fsp3) is 0.591. The Kier molecular flexibility index (Phi) is 4.91. The van der Waals surface area contributed by atoms with Crippen molar-refractivity contribution in [3.63, 3.8) is 0 Å². The maximum Gasteiger partial charge on any atom is 0.173 e. The average Bonchev–Trinajstić information content (AvgIpc) is 2.69. The Morgan fingerprint density at radius 1 is 1.15 bits per heavy atom. The first kappa shape index (κ1) is 18.0. The number of rotatable bonds is 1.